The summed E-state index contributed by atoms with van der Waals surface area (Å²) in [6.07, 6.45) is -3.26. The SMILES string of the molecule is CC.C[C@@H]1CN(CC(F)F)C[C@H]1F. The van der Waals surface area contributed by atoms with Crippen LogP contribution in [0.15, 0.2) is 0 Å². The summed E-state index contributed by atoms with van der Waals surface area (Å²) in [6.45, 7) is 6.10. The van der Waals surface area contributed by atoms with Gasteiger partial charge in [-0.3, -0.25) is 4.90 Å². The first-order valence-electron chi connectivity index (χ1n) is 4.74. The lowest BCUT2D eigenvalue weighted by molar-refractivity contribution is 0.0962. The monoisotopic (exact) mass is 197 g/mol. The molecule has 1 rings (SSSR count). The second-order valence-corrected chi connectivity index (χ2v) is 3.10. The molecule has 0 saturated carbocycles. The Morgan fingerprint density at radius 3 is 2.15 bits per heavy atom. The normalized spacial score (nSPS) is 28.8. The Kier molecular flexibility index (Phi) is 6.12. The first-order chi connectivity index (χ1) is 6.09. The number of rotatable bonds is 2. The van der Waals surface area contributed by atoms with Crippen molar-refractivity contribution in [2.45, 2.75) is 33.4 Å². The zero-order valence-electron chi connectivity index (χ0n) is 8.43. The zero-order valence-corrected chi connectivity index (χ0v) is 8.43. The average molecular weight is 197 g/mol. The maximum absolute atomic E-state index is 12.7. The van der Waals surface area contributed by atoms with Crippen LogP contribution in [-0.4, -0.2) is 37.1 Å². The Bertz CT molecular complexity index is 117. The van der Waals surface area contributed by atoms with Gasteiger partial charge >= 0.3 is 0 Å². The fourth-order valence-corrected chi connectivity index (χ4v) is 1.37. The molecule has 1 aliphatic rings. The highest BCUT2D eigenvalue weighted by atomic mass is 19.3. The van der Waals surface area contributed by atoms with Crippen molar-refractivity contribution in [1.29, 1.82) is 0 Å². The molecule has 1 saturated heterocycles. The molecule has 0 radical (unpaired) electrons. The van der Waals surface area contributed by atoms with Crippen molar-refractivity contribution < 1.29 is 13.2 Å². The van der Waals surface area contributed by atoms with E-state index in [1.807, 2.05) is 13.8 Å². The molecule has 1 heterocycles. The van der Waals surface area contributed by atoms with Crippen LogP contribution in [-0.2, 0) is 0 Å². The number of hydrogen-bond acceptors (Lipinski definition) is 1. The minimum Gasteiger partial charge on any atom is -0.294 e. The second kappa shape index (κ2) is 6.24. The van der Waals surface area contributed by atoms with Crippen LogP contribution >= 0.6 is 0 Å². The van der Waals surface area contributed by atoms with Gasteiger partial charge in [0.25, 0.3) is 6.43 Å². The number of nitrogens with zero attached hydrogens (tertiary/aromatic N) is 1. The molecule has 0 N–H and O–H groups in total. The van der Waals surface area contributed by atoms with Gasteiger partial charge in [0.05, 0.1) is 6.54 Å². The van der Waals surface area contributed by atoms with Crippen molar-refractivity contribution in [3.63, 3.8) is 0 Å². The molecule has 0 unspecified atom stereocenters. The molecule has 1 nitrogen and oxygen atoms in total. The minimum absolute atomic E-state index is 0.0891. The van der Waals surface area contributed by atoms with Crippen molar-refractivity contribution >= 4 is 0 Å². The van der Waals surface area contributed by atoms with Crippen LogP contribution in [0.5, 0.6) is 0 Å². The van der Waals surface area contributed by atoms with E-state index < -0.39 is 12.6 Å². The molecule has 0 aliphatic carbocycles. The molecule has 80 valence electrons. The molecular weight excluding hydrogens is 179 g/mol. The Hall–Kier alpha value is -0.250. The molecule has 0 aromatic carbocycles. The van der Waals surface area contributed by atoms with Crippen molar-refractivity contribution in [3.05, 3.63) is 0 Å². The molecule has 0 aromatic heterocycles. The molecule has 4 heteroatoms. The quantitative estimate of drug-likeness (QED) is 0.657. The molecule has 0 amide bonds. The van der Waals surface area contributed by atoms with E-state index in [-0.39, 0.29) is 19.0 Å². The van der Waals surface area contributed by atoms with E-state index in [0.717, 1.165) is 0 Å². The van der Waals surface area contributed by atoms with Gasteiger partial charge in [0.1, 0.15) is 6.17 Å². The van der Waals surface area contributed by atoms with Gasteiger partial charge < -0.3 is 0 Å². The van der Waals surface area contributed by atoms with E-state index in [0.29, 0.717) is 6.54 Å². The Morgan fingerprint density at radius 1 is 1.31 bits per heavy atom. The second-order valence-electron chi connectivity index (χ2n) is 3.10. The Labute approximate surface area is 77.9 Å². The van der Waals surface area contributed by atoms with Crippen molar-refractivity contribution in [1.82, 2.24) is 4.90 Å². The lowest BCUT2D eigenvalue weighted by Gasteiger charge is -2.12. The molecule has 0 bridgehead atoms. The highest BCUT2D eigenvalue weighted by Crippen LogP contribution is 2.19. The Balaban J connectivity index is 0.000000671. The maximum Gasteiger partial charge on any atom is 0.251 e. The maximum atomic E-state index is 12.7. The van der Waals surface area contributed by atoms with Crippen LogP contribution in [0.3, 0.4) is 0 Å². The summed E-state index contributed by atoms with van der Waals surface area (Å²) in [5.74, 6) is -0.0891. The van der Waals surface area contributed by atoms with Gasteiger partial charge in [0, 0.05) is 19.0 Å². The lowest BCUT2D eigenvalue weighted by atomic mass is 10.1. The van der Waals surface area contributed by atoms with E-state index in [9.17, 15) is 13.2 Å². The molecule has 2 atom stereocenters. The molecule has 0 aromatic rings. The van der Waals surface area contributed by atoms with Crippen LogP contribution < -0.4 is 0 Å². The van der Waals surface area contributed by atoms with E-state index in [2.05, 4.69) is 0 Å². The average Bonchev–Trinajstić information content (AvgIpc) is 2.34. The van der Waals surface area contributed by atoms with Gasteiger partial charge in [-0.1, -0.05) is 20.8 Å². The molecule has 0 spiro atoms. The Morgan fingerprint density at radius 2 is 1.85 bits per heavy atom. The number of halogens is 3. The predicted octanol–water partition coefficient (Wildman–Crippen LogP) is 2.57. The van der Waals surface area contributed by atoms with Gasteiger partial charge in [0.2, 0.25) is 0 Å². The topological polar surface area (TPSA) is 3.24 Å². The van der Waals surface area contributed by atoms with Crippen LogP contribution in [0.25, 0.3) is 0 Å². The minimum atomic E-state index is -2.34. The number of likely N-dealkylation sites (tertiary alicyclic amines) is 1. The number of hydrogen-bond donors (Lipinski definition) is 0. The molecule has 1 aliphatic heterocycles. The van der Waals surface area contributed by atoms with Crippen LogP contribution in [0, 0.1) is 5.92 Å². The lowest BCUT2D eigenvalue weighted by Crippen LogP contribution is -2.26. The summed E-state index contributed by atoms with van der Waals surface area (Å²) in [7, 11) is 0. The van der Waals surface area contributed by atoms with Crippen LogP contribution in [0.1, 0.15) is 20.8 Å². The number of alkyl halides is 3. The van der Waals surface area contributed by atoms with Crippen molar-refractivity contribution in [3.8, 4) is 0 Å². The van der Waals surface area contributed by atoms with Crippen LogP contribution in [0.2, 0.25) is 0 Å². The smallest absolute Gasteiger partial charge is 0.251 e. The van der Waals surface area contributed by atoms with Gasteiger partial charge in [-0.05, 0) is 0 Å². The molecule has 13 heavy (non-hydrogen) atoms. The third kappa shape index (κ3) is 4.50. The van der Waals surface area contributed by atoms with E-state index in [1.54, 1.807) is 6.92 Å². The highest BCUT2D eigenvalue weighted by Gasteiger charge is 2.30. The first kappa shape index (κ1) is 12.8. The van der Waals surface area contributed by atoms with E-state index >= 15 is 0 Å². The molecular formula is C9H18F3N. The standard InChI is InChI=1S/C7H12F3N.C2H6/c1-5-2-11(3-6(5)8)4-7(9)10;1-2/h5-7H,2-4H2,1H3;1-2H3/t5-,6-;/m1./s1. The zero-order chi connectivity index (χ0) is 10.4. The fourth-order valence-electron chi connectivity index (χ4n) is 1.37. The van der Waals surface area contributed by atoms with Gasteiger partial charge in [0.15, 0.2) is 0 Å². The van der Waals surface area contributed by atoms with Gasteiger partial charge in [-0.2, -0.15) is 0 Å². The van der Waals surface area contributed by atoms with E-state index in [4.69, 9.17) is 0 Å². The summed E-state index contributed by atoms with van der Waals surface area (Å²) >= 11 is 0. The van der Waals surface area contributed by atoms with Crippen molar-refractivity contribution in [2.24, 2.45) is 5.92 Å². The summed E-state index contributed by atoms with van der Waals surface area (Å²) in [6, 6.07) is 0. The third-order valence-electron chi connectivity index (χ3n) is 1.99. The predicted molar refractivity (Wildman–Crippen MR) is 47.9 cm³/mol. The van der Waals surface area contributed by atoms with Gasteiger partial charge in [-0.25, -0.2) is 13.2 Å². The van der Waals surface area contributed by atoms with E-state index in [1.165, 1.54) is 4.90 Å². The highest BCUT2D eigenvalue weighted by molar-refractivity contribution is 4.81. The fraction of sp³-hybridized carbons (Fsp3) is 1.00. The van der Waals surface area contributed by atoms with Crippen molar-refractivity contribution in [2.75, 3.05) is 19.6 Å². The summed E-state index contributed by atoms with van der Waals surface area (Å²) in [5, 5.41) is 0. The third-order valence-corrected chi connectivity index (χ3v) is 1.99. The largest absolute Gasteiger partial charge is 0.294 e. The van der Waals surface area contributed by atoms with Crippen LogP contribution in [0.4, 0.5) is 13.2 Å². The first-order valence-corrected chi connectivity index (χ1v) is 4.74. The summed E-state index contributed by atoms with van der Waals surface area (Å²) in [5.41, 5.74) is 0. The summed E-state index contributed by atoms with van der Waals surface area (Å²) in [4.78, 5) is 1.47. The summed E-state index contributed by atoms with van der Waals surface area (Å²) < 4.78 is 36.3. The molecule has 1 fully saturated rings. The van der Waals surface area contributed by atoms with Gasteiger partial charge in [-0.15, -0.1) is 0 Å².